The van der Waals surface area contributed by atoms with Crippen LogP contribution in [0.3, 0.4) is 0 Å². The molecule has 10 nitrogen and oxygen atoms in total. The van der Waals surface area contributed by atoms with Gasteiger partial charge in [-0.15, -0.1) is 0 Å². The van der Waals surface area contributed by atoms with E-state index in [9.17, 15) is 18.0 Å². The lowest BCUT2D eigenvalue weighted by Crippen LogP contribution is -2.47. The van der Waals surface area contributed by atoms with Crippen molar-refractivity contribution in [1.29, 1.82) is 0 Å². The molecular weight excluding hydrogens is 568 g/mol. The van der Waals surface area contributed by atoms with Gasteiger partial charge in [-0.1, -0.05) is 6.07 Å². The zero-order valence-electron chi connectivity index (χ0n) is 23.3. The molecule has 0 saturated heterocycles. The molecule has 0 bridgehead atoms. The summed E-state index contributed by atoms with van der Waals surface area (Å²) in [6.07, 6.45) is 3.02. The molecule has 2 fully saturated rings. The van der Waals surface area contributed by atoms with Crippen LogP contribution in [0, 0.1) is 5.82 Å². The predicted molar refractivity (Wildman–Crippen MR) is 147 cm³/mol. The van der Waals surface area contributed by atoms with Crippen LogP contribution < -0.4 is 14.5 Å². The van der Waals surface area contributed by atoms with Crippen LogP contribution in [0.2, 0.25) is 0 Å². The summed E-state index contributed by atoms with van der Waals surface area (Å²) in [4.78, 5) is 38.7. The largest absolute Gasteiger partial charge is 0.480 e. The van der Waals surface area contributed by atoms with Gasteiger partial charge in [-0.05, 0) is 43.4 Å². The molecule has 2 aliphatic carbocycles. The van der Waals surface area contributed by atoms with E-state index in [0.29, 0.717) is 34.3 Å². The number of alkyl halides is 3. The summed E-state index contributed by atoms with van der Waals surface area (Å²) in [5, 5.41) is 0. The molecule has 14 heteroatoms. The molecule has 7 rings (SSSR count). The van der Waals surface area contributed by atoms with Crippen LogP contribution in [-0.4, -0.2) is 55.1 Å². The normalized spacial score (nSPS) is 16.9. The summed E-state index contributed by atoms with van der Waals surface area (Å²) in [6.45, 7) is 0.132. The minimum Gasteiger partial charge on any atom is -0.480 e. The van der Waals surface area contributed by atoms with E-state index < -0.39 is 17.7 Å². The maximum atomic E-state index is 15.3. The number of anilines is 2. The molecule has 0 N–H and O–H groups in total. The first-order valence-electron chi connectivity index (χ1n) is 13.8. The number of rotatable bonds is 7. The fourth-order valence-electron chi connectivity index (χ4n) is 5.53. The lowest BCUT2D eigenvalue weighted by Gasteiger charge is -2.36. The fourth-order valence-corrected chi connectivity index (χ4v) is 5.53. The number of methoxy groups -OCH3 is 1. The van der Waals surface area contributed by atoms with E-state index in [-0.39, 0.29) is 42.3 Å². The van der Waals surface area contributed by atoms with Gasteiger partial charge in [0.15, 0.2) is 17.3 Å². The quantitative estimate of drug-likeness (QED) is 0.279. The van der Waals surface area contributed by atoms with E-state index in [1.807, 2.05) is 0 Å². The Balaban J connectivity index is 1.26. The standard InChI is InChI=1S/C29H26F4N8O2/c1-39-12-21(29(31,32)33)37-26(39)18-8-3-15(9-19(18)30)11-40-13-22(42)41(17-6-7-17)20-10-34-25(38-27(20)40)23-24(16-4-5-16)35-14-36-28(23)43-2/h3,8-10,12,14,16-17H,4-7,11,13H2,1-2H3. The summed E-state index contributed by atoms with van der Waals surface area (Å²) in [7, 11) is 2.90. The molecule has 222 valence electrons. The second-order valence-corrected chi connectivity index (χ2v) is 11.0. The molecule has 1 amide bonds. The summed E-state index contributed by atoms with van der Waals surface area (Å²) in [5.74, 6) is 0.507. The Kier molecular flexibility index (Phi) is 6.32. The number of aryl methyl sites for hydroxylation is 1. The predicted octanol–water partition coefficient (Wildman–Crippen LogP) is 4.89. The molecule has 4 aromatic rings. The highest BCUT2D eigenvalue weighted by Gasteiger charge is 2.41. The second kappa shape index (κ2) is 9.99. The number of amides is 1. The molecular formula is C29H26F4N8O2. The van der Waals surface area contributed by atoms with Crippen molar-refractivity contribution in [2.45, 2.75) is 50.4 Å². The number of carbonyl (C=O) groups is 1. The first-order chi connectivity index (χ1) is 20.6. The minimum absolute atomic E-state index is 0.00946. The van der Waals surface area contributed by atoms with E-state index in [0.717, 1.165) is 42.1 Å². The summed E-state index contributed by atoms with van der Waals surface area (Å²) < 4.78 is 61.5. The Morgan fingerprint density at radius 2 is 1.86 bits per heavy atom. The molecule has 1 aromatic carbocycles. The Morgan fingerprint density at radius 3 is 2.51 bits per heavy atom. The van der Waals surface area contributed by atoms with Crippen molar-refractivity contribution >= 4 is 17.4 Å². The third-order valence-corrected chi connectivity index (χ3v) is 7.85. The summed E-state index contributed by atoms with van der Waals surface area (Å²) in [5.41, 5.74) is 1.32. The molecule has 0 atom stereocenters. The topological polar surface area (TPSA) is 102 Å². The van der Waals surface area contributed by atoms with Gasteiger partial charge in [0.2, 0.25) is 11.8 Å². The van der Waals surface area contributed by atoms with Crippen molar-refractivity contribution in [3.63, 3.8) is 0 Å². The molecule has 1 aliphatic heterocycles. The van der Waals surface area contributed by atoms with E-state index >= 15 is 4.39 Å². The van der Waals surface area contributed by atoms with Gasteiger partial charge in [0, 0.05) is 31.7 Å². The van der Waals surface area contributed by atoms with Crippen molar-refractivity contribution in [2.24, 2.45) is 7.05 Å². The molecule has 0 radical (unpaired) electrons. The number of fused-ring (bicyclic) bond motifs is 1. The first-order valence-corrected chi connectivity index (χ1v) is 13.8. The number of hydrogen-bond acceptors (Lipinski definition) is 8. The summed E-state index contributed by atoms with van der Waals surface area (Å²) >= 11 is 0. The number of aromatic nitrogens is 6. The monoisotopic (exact) mass is 594 g/mol. The van der Waals surface area contributed by atoms with Crippen molar-refractivity contribution in [2.75, 3.05) is 23.5 Å². The Hall–Kier alpha value is -4.62. The van der Waals surface area contributed by atoms with Gasteiger partial charge in [0.05, 0.1) is 31.1 Å². The molecule has 43 heavy (non-hydrogen) atoms. The highest BCUT2D eigenvalue weighted by atomic mass is 19.4. The van der Waals surface area contributed by atoms with Crippen LogP contribution in [-0.2, 0) is 24.6 Å². The average Bonchev–Trinajstić information content (AvgIpc) is 3.91. The zero-order chi connectivity index (χ0) is 30.0. The number of halogens is 4. The van der Waals surface area contributed by atoms with Gasteiger partial charge in [-0.25, -0.2) is 29.3 Å². The van der Waals surface area contributed by atoms with Crippen molar-refractivity contribution < 1.29 is 27.1 Å². The van der Waals surface area contributed by atoms with Gasteiger partial charge < -0.3 is 19.1 Å². The number of carbonyl (C=O) groups excluding carboxylic acids is 1. The maximum absolute atomic E-state index is 15.3. The van der Waals surface area contributed by atoms with Crippen LogP contribution in [0.1, 0.15) is 48.6 Å². The Labute approximate surface area is 243 Å². The van der Waals surface area contributed by atoms with Crippen LogP contribution in [0.25, 0.3) is 22.8 Å². The van der Waals surface area contributed by atoms with E-state index in [2.05, 4.69) is 19.9 Å². The van der Waals surface area contributed by atoms with Crippen molar-refractivity contribution in [3.8, 4) is 28.7 Å². The Bertz CT molecular complexity index is 1750. The first kappa shape index (κ1) is 27.2. The van der Waals surface area contributed by atoms with Crippen LogP contribution in [0.5, 0.6) is 5.88 Å². The van der Waals surface area contributed by atoms with Gasteiger partial charge in [0.25, 0.3) is 0 Å². The van der Waals surface area contributed by atoms with Gasteiger partial charge >= 0.3 is 6.18 Å². The van der Waals surface area contributed by atoms with E-state index in [4.69, 9.17) is 9.72 Å². The minimum atomic E-state index is -4.65. The van der Waals surface area contributed by atoms with E-state index in [1.165, 1.54) is 32.6 Å². The SMILES string of the molecule is COc1ncnc(C2CC2)c1-c1ncc2c(n1)N(Cc1ccc(-c3nc(C(F)(F)F)cn3C)c(F)c1)CC(=O)N2C1CC1. The molecule has 0 unspecified atom stereocenters. The van der Waals surface area contributed by atoms with Gasteiger partial charge in [-0.3, -0.25) is 4.79 Å². The highest BCUT2D eigenvalue weighted by Crippen LogP contribution is 2.46. The third-order valence-electron chi connectivity index (χ3n) is 7.85. The van der Waals surface area contributed by atoms with E-state index in [1.54, 1.807) is 22.1 Å². The zero-order valence-corrected chi connectivity index (χ0v) is 23.3. The van der Waals surface area contributed by atoms with Gasteiger partial charge in [0.1, 0.15) is 29.2 Å². The molecule has 3 aliphatic rings. The highest BCUT2D eigenvalue weighted by molar-refractivity contribution is 6.03. The molecule has 3 aromatic heterocycles. The maximum Gasteiger partial charge on any atom is 0.434 e. The second-order valence-electron chi connectivity index (χ2n) is 11.0. The van der Waals surface area contributed by atoms with Crippen LogP contribution in [0.4, 0.5) is 29.1 Å². The molecule has 2 saturated carbocycles. The van der Waals surface area contributed by atoms with Gasteiger partial charge in [-0.2, -0.15) is 13.2 Å². The lowest BCUT2D eigenvalue weighted by molar-refractivity contribution is -0.140. The fraction of sp³-hybridized carbons (Fsp3) is 0.379. The lowest BCUT2D eigenvalue weighted by atomic mass is 10.1. The Morgan fingerprint density at radius 1 is 1.07 bits per heavy atom. The van der Waals surface area contributed by atoms with Crippen LogP contribution >= 0.6 is 0 Å². The number of ether oxygens (including phenoxy) is 1. The van der Waals surface area contributed by atoms with Crippen LogP contribution in [0.15, 0.2) is 36.9 Å². The van der Waals surface area contributed by atoms with Crippen molar-refractivity contribution in [3.05, 3.63) is 59.7 Å². The molecule has 4 heterocycles. The number of nitrogens with zero attached hydrogens (tertiary/aromatic N) is 8. The number of benzene rings is 1. The number of hydrogen-bond donors (Lipinski definition) is 0. The summed E-state index contributed by atoms with van der Waals surface area (Å²) in [6, 6.07) is 4.33. The average molecular weight is 595 g/mol. The van der Waals surface area contributed by atoms with Crippen molar-refractivity contribution in [1.82, 2.24) is 29.5 Å². The third kappa shape index (κ3) is 4.93. The molecule has 0 spiro atoms. The smallest absolute Gasteiger partial charge is 0.434 e. The number of imidazole rings is 1.